The standard InChI is InChI=1S/C4H10N.Ir/c1-3-5-4-2;/h3-4H2,1-2H3;/q-1;. The monoisotopic (exact) mass is 265 g/mol. The molecule has 41 valence electrons. The number of hydrogen-bond donors (Lipinski definition) is 0. The van der Waals surface area contributed by atoms with Crippen molar-refractivity contribution in [1.29, 1.82) is 0 Å². The third-order valence-electron chi connectivity index (χ3n) is 0.447. The fraction of sp³-hybridized carbons (Fsp3) is 1.00. The van der Waals surface area contributed by atoms with E-state index in [1.807, 2.05) is 13.8 Å². The summed E-state index contributed by atoms with van der Waals surface area (Å²) in [6, 6.07) is 0. The fourth-order valence-electron chi connectivity index (χ4n) is 0.224. The molecule has 1 nitrogen and oxygen atoms in total. The quantitative estimate of drug-likeness (QED) is 0.716. The van der Waals surface area contributed by atoms with E-state index in [2.05, 4.69) is 5.32 Å². The maximum absolute atomic E-state index is 3.97. The van der Waals surface area contributed by atoms with Crippen LogP contribution < -0.4 is 0 Å². The van der Waals surface area contributed by atoms with Crippen LogP contribution in [0.1, 0.15) is 13.8 Å². The number of nitrogens with zero attached hydrogens (tertiary/aromatic N) is 1. The van der Waals surface area contributed by atoms with Crippen molar-refractivity contribution in [2.45, 2.75) is 13.8 Å². The van der Waals surface area contributed by atoms with Gasteiger partial charge in [-0.05, 0) is 0 Å². The summed E-state index contributed by atoms with van der Waals surface area (Å²) in [5, 5.41) is 3.97. The van der Waals surface area contributed by atoms with Crippen LogP contribution >= 0.6 is 0 Å². The van der Waals surface area contributed by atoms with Crippen LogP contribution in [0.25, 0.3) is 5.32 Å². The summed E-state index contributed by atoms with van der Waals surface area (Å²) >= 11 is 0. The molecule has 0 saturated heterocycles. The van der Waals surface area contributed by atoms with Crippen LogP contribution in [0.15, 0.2) is 0 Å². The smallest absolute Gasteiger partial charge is 0 e. The second-order valence-corrected chi connectivity index (χ2v) is 0.856. The second-order valence-electron chi connectivity index (χ2n) is 0.856. The molecule has 0 N–H and O–H groups in total. The van der Waals surface area contributed by atoms with Gasteiger partial charge in [-0.15, -0.1) is 0 Å². The van der Waals surface area contributed by atoms with Crippen molar-refractivity contribution in [3.63, 3.8) is 0 Å². The van der Waals surface area contributed by atoms with Crippen molar-refractivity contribution in [2.24, 2.45) is 0 Å². The molecule has 0 atom stereocenters. The molecule has 0 aromatic carbocycles. The van der Waals surface area contributed by atoms with Gasteiger partial charge in [-0.3, -0.25) is 0 Å². The van der Waals surface area contributed by atoms with Crippen molar-refractivity contribution in [1.82, 2.24) is 0 Å². The SMILES string of the molecule is CC[N-]CC.[Ir]. The Kier molecular flexibility index (Phi) is 14.9. The van der Waals surface area contributed by atoms with Crippen molar-refractivity contribution in [3.05, 3.63) is 5.32 Å². The van der Waals surface area contributed by atoms with Crippen LogP contribution in [0.5, 0.6) is 0 Å². The Morgan fingerprint density at radius 2 is 1.50 bits per heavy atom. The first-order chi connectivity index (χ1) is 2.41. The average Bonchev–Trinajstić information content (AvgIpc) is 1.41. The molecule has 0 heterocycles. The van der Waals surface area contributed by atoms with Crippen molar-refractivity contribution in [3.8, 4) is 0 Å². The van der Waals surface area contributed by atoms with Crippen molar-refractivity contribution >= 4 is 0 Å². The van der Waals surface area contributed by atoms with Crippen LogP contribution in [0.3, 0.4) is 0 Å². The minimum atomic E-state index is 0. The van der Waals surface area contributed by atoms with Gasteiger partial charge in [0.25, 0.3) is 0 Å². The number of rotatable bonds is 2. The van der Waals surface area contributed by atoms with Crippen LogP contribution in [-0.4, -0.2) is 13.1 Å². The largest absolute Gasteiger partial charge is 0.663 e. The van der Waals surface area contributed by atoms with Gasteiger partial charge in [0, 0.05) is 20.1 Å². The summed E-state index contributed by atoms with van der Waals surface area (Å²) in [6.45, 7) is 6.03. The second kappa shape index (κ2) is 9.15. The molecule has 0 aromatic heterocycles. The van der Waals surface area contributed by atoms with Gasteiger partial charge in [0.05, 0.1) is 0 Å². The third-order valence-corrected chi connectivity index (χ3v) is 0.447. The van der Waals surface area contributed by atoms with Gasteiger partial charge < -0.3 is 5.32 Å². The summed E-state index contributed by atoms with van der Waals surface area (Å²) in [4.78, 5) is 0. The fourth-order valence-corrected chi connectivity index (χ4v) is 0.224. The van der Waals surface area contributed by atoms with E-state index in [1.165, 1.54) is 0 Å². The van der Waals surface area contributed by atoms with E-state index < -0.39 is 0 Å². The maximum Gasteiger partial charge on any atom is 0 e. The molecule has 0 unspecified atom stereocenters. The predicted molar refractivity (Wildman–Crippen MR) is 24.4 cm³/mol. The van der Waals surface area contributed by atoms with Gasteiger partial charge >= 0.3 is 0 Å². The summed E-state index contributed by atoms with van der Waals surface area (Å²) < 4.78 is 0. The van der Waals surface area contributed by atoms with Crippen molar-refractivity contribution < 1.29 is 20.1 Å². The van der Waals surface area contributed by atoms with Gasteiger partial charge in [0.1, 0.15) is 0 Å². The third kappa shape index (κ3) is 8.82. The van der Waals surface area contributed by atoms with Crippen LogP contribution in [-0.2, 0) is 20.1 Å². The first kappa shape index (κ1) is 9.79. The molecule has 0 aromatic rings. The Labute approximate surface area is 52.9 Å². The van der Waals surface area contributed by atoms with Gasteiger partial charge in [-0.25, -0.2) is 0 Å². The summed E-state index contributed by atoms with van der Waals surface area (Å²) in [7, 11) is 0. The summed E-state index contributed by atoms with van der Waals surface area (Å²) in [6.07, 6.45) is 0. The molecule has 0 saturated carbocycles. The van der Waals surface area contributed by atoms with Gasteiger partial charge in [-0.2, -0.15) is 13.1 Å². The molecule has 0 aliphatic carbocycles. The van der Waals surface area contributed by atoms with Crippen LogP contribution in [0, 0.1) is 0 Å². The Hall–Kier alpha value is 0.609. The molecule has 0 amide bonds. The first-order valence-corrected chi connectivity index (χ1v) is 2.05. The van der Waals surface area contributed by atoms with E-state index >= 15 is 0 Å². The van der Waals surface area contributed by atoms with E-state index in [1.54, 1.807) is 0 Å². The molecule has 0 bridgehead atoms. The summed E-state index contributed by atoms with van der Waals surface area (Å²) in [5.74, 6) is 0. The van der Waals surface area contributed by atoms with Gasteiger partial charge in [0.15, 0.2) is 0 Å². The molecule has 6 heavy (non-hydrogen) atoms. The molecule has 1 radical (unpaired) electrons. The topological polar surface area (TPSA) is 14.1 Å². The maximum atomic E-state index is 3.97. The zero-order valence-corrected chi connectivity index (χ0v) is 6.59. The Morgan fingerprint density at radius 3 is 1.50 bits per heavy atom. The zero-order valence-electron chi connectivity index (χ0n) is 4.19. The van der Waals surface area contributed by atoms with E-state index in [0.29, 0.717) is 0 Å². The van der Waals surface area contributed by atoms with E-state index in [0.717, 1.165) is 13.1 Å². The molecule has 0 rings (SSSR count). The summed E-state index contributed by atoms with van der Waals surface area (Å²) in [5.41, 5.74) is 0. The predicted octanol–water partition coefficient (Wildman–Crippen LogP) is 1.40. The number of hydrogen-bond acceptors (Lipinski definition) is 0. The molecule has 2 heteroatoms. The van der Waals surface area contributed by atoms with Crippen LogP contribution in [0.2, 0.25) is 0 Å². The molecule has 0 fully saturated rings. The van der Waals surface area contributed by atoms with Crippen LogP contribution in [0.4, 0.5) is 0 Å². The minimum Gasteiger partial charge on any atom is -0.663 e. The zero-order chi connectivity index (χ0) is 4.12. The van der Waals surface area contributed by atoms with Gasteiger partial charge in [0.2, 0.25) is 0 Å². The van der Waals surface area contributed by atoms with E-state index in [9.17, 15) is 0 Å². The average molecular weight is 264 g/mol. The molecule has 0 spiro atoms. The first-order valence-electron chi connectivity index (χ1n) is 2.05. The minimum absolute atomic E-state index is 0. The molecule has 0 aliphatic rings. The Balaban J connectivity index is 0. The van der Waals surface area contributed by atoms with Gasteiger partial charge in [-0.1, -0.05) is 13.8 Å². The van der Waals surface area contributed by atoms with E-state index in [-0.39, 0.29) is 20.1 Å². The Morgan fingerprint density at radius 1 is 1.17 bits per heavy atom. The van der Waals surface area contributed by atoms with Crippen molar-refractivity contribution in [2.75, 3.05) is 13.1 Å². The molecular formula is C4H10IrN-. The normalized spacial score (nSPS) is 7.00. The van der Waals surface area contributed by atoms with E-state index in [4.69, 9.17) is 0 Å². The molecular weight excluding hydrogens is 254 g/mol. The molecule has 0 aliphatic heterocycles. The Bertz CT molecular complexity index is 15.0.